The number of amides is 3. The Balaban J connectivity index is 1.34. The summed E-state index contributed by atoms with van der Waals surface area (Å²) in [5.41, 5.74) is 2.54. The highest BCUT2D eigenvalue weighted by molar-refractivity contribution is 5.77. The van der Waals surface area contributed by atoms with Gasteiger partial charge >= 0.3 is 6.03 Å². The Bertz CT molecular complexity index is 759. The van der Waals surface area contributed by atoms with Crippen molar-refractivity contribution < 1.29 is 9.59 Å². The molecule has 1 spiro atoms. The van der Waals surface area contributed by atoms with E-state index in [1.54, 1.807) is 6.92 Å². The summed E-state index contributed by atoms with van der Waals surface area (Å²) in [7, 11) is 0. The maximum absolute atomic E-state index is 12.9. The van der Waals surface area contributed by atoms with Gasteiger partial charge in [0, 0.05) is 51.4 Å². The topological polar surface area (TPSA) is 55.9 Å². The first-order chi connectivity index (χ1) is 14.0. The van der Waals surface area contributed by atoms with Gasteiger partial charge in [-0.3, -0.25) is 4.79 Å². The molecule has 1 aromatic carbocycles. The average molecular weight is 399 g/mol. The minimum absolute atomic E-state index is 0.0123. The summed E-state index contributed by atoms with van der Waals surface area (Å²) in [4.78, 5) is 31.5. The van der Waals surface area contributed by atoms with Crippen LogP contribution in [0.3, 0.4) is 0 Å². The van der Waals surface area contributed by atoms with Gasteiger partial charge in [0.15, 0.2) is 0 Å². The van der Waals surface area contributed by atoms with Gasteiger partial charge in [0.25, 0.3) is 0 Å². The van der Waals surface area contributed by atoms with Crippen molar-refractivity contribution in [3.8, 4) is 0 Å². The van der Waals surface area contributed by atoms with Crippen LogP contribution in [0, 0.1) is 0 Å². The van der Waals surface area contributed by atoms with Crippen molar-refractivity contribution in [2.45, 2.75) is 64.0 Å². The minimum atomic E-state index is -0.151. The fourth-order valence-electron chi connectivity index (χ4n) is 5.65. The van der Waals surface area contributed by atoms with Gasteiger partial charge in [-0.2, -0.15) is 0 Å². The molecule has 1 N–H and O–H groups in total. The van der Waals surface area contributed by atoms with E-state index >= 15 is 0 Å². The molecule has 4 rings (SSSR count). The number of carbonyl (C=O) groups excluding carboxylic acids is 2. The van der Waals surface area contributed by atoms with E-state index in [2.05, 4.69) is 41.4 Å². The lowest BCUT2D eigenvalue weighted by atomic mass is 9.78. The third kappa shape index (κ3) is 3.94. The molecule has 1 aliphatic carbocycles. The van der Waals surface area contributed by atoms with Crippen LogP contribution in [0.2, 0.25) is 0 Å². The number of fused-ring (bicyclic) bond motifs is 1. The summed E-state index contributed by atoms with van der Waals surface area (Å²) in [6.07, 6.45) is 6.61. The van der Waals surface area contributed by atoms with Gasteiger partial charge in [0.05, 0.1) is 5.54 Å². The van der Waals surface area contributed by atoms with Crippen molar-refractivity contribution in [3.63, 3.8) is 0 Å². The van der Waals surface area contributed by atoms with Gasteiger partial charge in [0.1, 0.15) is 0 Å². The standard InChI is InChI=1S/C23H34N4O2/c1-18-16-20-8-4-5-9-21(20)26(18)13-12-24-22(29)25-14-15-27(19(2)28)23(17-25)10-6-3-7-11-23/h4-5,8-9,18H,3,6-7,10-17H2,1-2H3,(H,24,29). The van der Waals surface area contributed by atoms with E-state index in [1.165, 1.54) is 17.7 Å². The van der Waals surface area contributed by atoms with E-state index in [4.69, 9.17) is 0 Å². The van der Waals surface area contributed by atoms with Crippen LogP contribution in [0.5, 0.6) is 0 Å². The van der Waals surface area contributed by atoms with Crippen LogP contribution >= 0.6 is 0 Å². The Morgan fingerprint density at radius 2 is 1.90 bits per heavy atom. The number of piperazine rings is 1. The van der Waals surface area contributed by atoms with E-state index < -0.39 is 0 Å². The van der Waals surface area contributed by atoms with Crippen molar-refractivity contribution >= 4 is 17.6 Å². The molecule has 0 radical (unpaired) electrons. The van der Waals surface area contributed by atoms with Gasteiger partial charge in [-0.15, -0.1) is 0 Å². The zero-order chi connectivity index (χ0) is 20.4. The lowest BCUT2D eigenvalue weighted by molar-refractivity contribution is -0.141. The smallest absolute Gasteiger partial charge is 0.317 e. The second kappa shape index (κ2) is 8.25. The number of anilines is 1. The number of benzene rings is 1. The van der Waals surface area contributed by atoms with E-state index in [9.17, 15) is 9.59 Å². The van der Waals surface area contributed by atoms with Crippen molar-refractivity contribution in [3.05, 3.63) is 29.8 Å². The van der Waals surface area contributed by atoms with Gasteiger partial charge < -0.3 is 20.0 Å². The highest BCUT2D eigenvalue weighted by Gasteiger charge is 2.44. The first kappa shape index (κ1) is 20.0. The van der Waals surface area contributed by atoms with E-state index in [-0.39, 0.29) is 17.5 Å². The summed E-state index contributed by atoms with van der Waals surface area (Å²) < 4.78 is 0. The number of hydrogen-bond donors (Lipinski definition) is 1. The molecule has 1 atom stereocenters. The monoisotopic (exact) mass is 398 g/mol. The Labute approximate surface area is 174 Å². The fraction of sp³-hybridized carbons (Fsp3) is 0.652. The summed E-state index contributed by atoms with van der Waals surface area (Å²) in [5, 5.41) is 3.14. The number of rotatable bonds is 3. The third-order valence-electron chi connectivity index (χ3n) is 7.08. The Morgan fingerprint density at radius 3 is 2.66 bits per heavy atom. The summed E-state index contributed by atoms with van der Waals surface area (Å²) >= 11 is 0. The number of hydrogen-bond acceptors (Lipinski definition) is 3. The highest BCUT2D eigenvalue weighted by atomic mass is 16.2. The molecule has 1 unspecified atom stereocenters. The van der Waals surface area contributed by atoms with Crippen molar-refractivity contribution in [2.24, 2.45) is 0 Å². The van der Waals surface area contributed by atoms with Crippen LogP contribution < -0.4 is 10.2 Å². The zero-order valence-corrected chi connectivity index (χ0v) is 17.8. The first-order valence-corrected chi connectivity index (χ1v) is 11.2. The Morgan fingerprint density at radius 1 is 1.14 bits per heavy atom. The normalized spacial score (nSPS) is 23.2. The lowest BCUT2D eigenvalue weighted by Gasteiger charge is -2.52. The van der Waals surface area contributed by atoms with Crippen molar-refractivity contribution in [1.29, 1.82) is 0 Å². The van der Waals surface area contributed by atoms with Gasteiger partial charge in [0.2, 0.25) is 5.91 Å². The van der Waals surface area contributed by atoms with E-state index in [0.717, 1.165) is 38.6 Å². The predicted molar refractivity (Wildman–Crippen MR) is 115 cm³/mol. The number of para-hydroxylation sites is 1. The predicted octanol–water partition coefficient (Wildman–Crippen LogP) is 3.01. The number of nitrogens with zero attached hydrogens (tertiary/aromatic N) is 3. The maximum atomic E-state index is 12.9. The second-order valence-electron chi connectivity index (χ2n) is 8.98. The quantitative estimate of drug-likeness (QED) is 0.852. The summed E-state index contributed by atoms with van der Waals surface area (Å²) in [6.45, 7) is 7.31. The minimum Gasteiger partial charge on any atom is -0.367 e. The zero-order valence-electron chi connectivity index (χ0n) is 17.8. The fourth-order valence-corrected chi connectivity index (χ4v) is 5.65. The number of nitrogens with one attached hydrogen (secondary N) is 1. The molecule has 1 saturated heterocycles. The SMILES string of the molecule is CC(=O)N1CCN(C(=O)NCCN2c3ccccc3CC2C)CC12CCCCC2. The van der Waals surface area contributed by atoms with Crippen LogP contribution in [0.25, 0.3) is 0 Å². The van der Waals surface area contributed by atoms with Crippen molar-refractivity contribution in [1.82, 2.24) is 15.1 Å². The Hall–Kier alpha value is -2.24. The molecule has 29 heavy (non-hydrogen) atoms. The van der Waals surface area contributed by atoms with Gasteiger partial charge in [-0.25, -0.2) is 4.79 Å². The van der Waals surface area contributed by atoms with Gasteiger partial charge in [-0.1, -0.05) is 37.5 Å². The molecule has 6 heteroatoms. The molecule has 2 fully saturated rings. The third-order valence-corrected chi connectivity index (χ3v) is 7.08. The van der Waals surface area contributed by atoms with Crippen LogP contribution in [0.4, 0.5) is 10.5 Å². The molecule has 3 amide bonds. The van der Waals surface area contributed by atoms with Crippen LogP contribution in [0.1, 0.15) is 51.5 Å². The van der Waals surface area contributed by atoms with Crippen LogP contribution in [-0.2, 0) is 11.2 Å². The largest absolute Gasteiger partial charge is 0.367 e. The van der Waals surface area contributed by atoms with Crippen LogP contribution in [0.15, 0.2) is 24.3 Å². The molecule has 6 nitrogen and oxygen atoms in total. The van der Waals surface area contributed by atoms with Gasteiger partial charge in [-0.05, 0) is 37.8 Å². The number of urea groups is 1. The molecule has 0 aromatic heterocycles. The molecule has 2 aliphatic heterocycles. The number of carbonyl (C=O) groups is 2. The highest BCUT2D eigenvalue weighted by Crippen LogP contribution is 2.36. The van der Waals surface area contributed by atoms with Crippen LogP contribution in [-0.4, -0.2) is 66.0 Å². The van der Waals surface area contributed by atoms with E-state index in [1.807, 2.05) is 9.80 Å². The summed E-state index contributed by atoms with van der Waals surface area (Å²) in [5.74, 6) is 0.147. The summed E-state index contributed by atoms with van der Waals surface area (Å²) in [6, 6.07) is 9.03. The van der Waals surface area contributed by atoms with Crippen molar-refractivity contribution in [2.75, 3.05) is 37.6 Å². The molecular formula is C23H34N4O2. The molecule has 2 heterocycles. The lowest BCUT2D eigenvalue weighted by Crippen LogP contribution is -2.66. The molecule has 158 valence electrons. The molecule has 0 bridgehead atoms. The Kier molecular flexibility index (Phi) is 5.70. The first-order valence-electron chi connectivity index (χ1n) is 11.2. The maximum Gasteiger partial charge on any atom is 0.317 e. The molecular weight excluding hydrogens is 364 g/mol. The average Bonchev–Trinajstić information content (AvgIpc) is 3.03. The molecule has 3 aliphatic rings. The van der Waals surface area contributed by atoms with E-state index in [0.29, 0.717) is 32.2 Å². The molecule has 1 saturated carbocycles. The second-order valence-corrected chi connectivity index (χ2v) is 8.98. The molecule has 1 aromatic rings.